The van der Waals surface area contributed by atoms with Crippen LogP contribution in [-0.4, -0.2) is 22.9 Å². The van der Waals surface area contributed by atoms with Gasteiger partial charge in [0, 0.05) is 5.54 Å². The molecule has 0 bridgehead atoms. The lowest BCUT2D eigenvalue weighted by Gasteiger charge is -2.51. The predicted octanol–water partition coefficient (Wildman–Crippen LogP) is -0.492. The molecule has 1 aromatic carbocycles. The molecule has 1 spiro atoms. The fraction of sp³-hybridized carbons (Fsp3) is 0.417. The molecule has 1 aliphatic carbocycles. The van der Waals surface area contributed by atoms with E-state index in [1.54, 1.807) is 12.1 Å². The number of aliphatic hydroxyl groups excluding tert-OH is 1. The monoisotopic (exact) mass is 251 g/mol. The summed E-state index contributed by atoms with van der Waals surface area (Å²) in [5, 5.41) is 14.5. The summed E-state index contributed by atoms with van der Waals surface area (Å²) in [5.41, 5.74) is 5.31. The van der Waals surface area contributed by atoms with Crippen molar-refractivity contribution in [1.82, 2.24) is 10.6 Å². The Morgan fingerprint density at radius 3 is 2.72 bits per heavy atom. The maximum absolute atomic E-state index is 13.2. The largest absolute Gasteiger partial charge is 0.361 e. The summed E-state index contributed by atoms with van der Waals surface area (Å²) in [7, 11) is 0. The quantitative estimate of drug-likeness (QED) is 0.542. The molecule has 1 aliphatic heterocycles. The molecule has 5 nitrogen and oxygen atoms in total. The van der Waals surface area contributed by atoms with Gasteiger partial charge in [0.25, 0.3) is 0 Å². The van der Waals surface area contributed by atoms with Crippen molar-refractivity contribution in [3.05, 3.63) is 35.6 Å². The minimum Gasteiger partial charge on any atom is -0.361 e. The molecule has 1 saturated carbocycles. The summed E-state index contributed by atoms with van der Waals surface area (Å²) in [6.45, 7) is 0. The fourth-order valence-electron chi connectivity index (χ4n) is 2.92. The second-order valence-electron chi connectivity index (χ2n) is 5.12. The van der Waals surface area contributed by atoms with Crippen molar-refractivity contribution in [2.75, 3.05) is 0 Å². The van der Waals surface area contributed by atoms with Gasteiger partial charge in [-0.25, -0.2) is 4.39 Å². The van der Waals surface area contributed by atoms with Crippen LogP contribution in [0.5, 0.6) is 0 Å². The summed E-state index contributed by atoms with van der Waals surface area (Å²) in [6, 6.07) is 6.09. The zero-order chi connectivity index (χ0) is 13.0. The van der Waals surface area contributed by atoms with Crippen LogP contribution in [0.2, 0.25) is 0 Å². The Bertz CT molecular complexity index is 514. The van der Waals surface area contributed by atoms with Gasteiger partial charge in [-0.05, 0) is 30.5 Å². The number of benzene rings is 1. The van der Waals surface area contributed by atoms with Crippen molar-refractivity contribution < 1.29 is 14.3 Å². The Labute approximate surface area is 103 Å². The summed E-state index contributed by atoms with van der Waals surface area (Å²) < 4.78 is 13.2. The molecular weight excluding hydrogens is 237 g/mol. The van der Waals surface area contributed by atoms with E-state index in [1.165, 1.54) is 12.1 Å². The Morgan fingerprint density at radius 2 is 2.17 bits per heavy atom. The molecule has 0 radical (unpaired) electrons. The summed E-state index contributed by atoms with van der Waals surface area (Å²) in [5.74, 6) is -0.602. The van der Waals surface area contributed by atoms with Gasteiger partial charge in [0.1, 0.15) is 11.4 Å². The van der Waals surface area contributed by atoms with Gasteiger partial charge in [0.2, 0.25) is 5.91 Å². The number of carbonyl (C=O) groups excluding carboxylic acids is 1. The SMILES string of the molecule is NC1(c2cccc(F)c2)CC2(C1)NC(O)NC2=O. The van der Waals surface area contributed by atoms with Gasteiger partial charge in [0.15, 0.2) is 6.35 Å². The fourth-order valence-corrected chi connectivity index (χ4v) is 2.92. The molecule has 5 N–H and O–H groups in total. The van der Waals surface area contributed by atoms with E-state index in [4.69, 9.17) is 5.73 Å². The topological polar surface area (TPSA) is 87.4 Å². The van der Waals surface area contributed by atoms with E-state index < -0.39 is 17.4 Å². The molecule has 18 heavy (non-hydrogen) atoms. The number of carbonyl (C=O) groups is 1. The Balaban J connectivity index is 1.84. The smallest absolute Gasteiger partial charge is 0.243 e. The third-order valence-electron chi connectivity index (χ3n) is 3.75. The molecule has 2 fully saturated rings. The Kier molecular flexibility index (Phi) is 2.25. The lowest BCUT2D eigenvalue weighted by molar-refractivity contribution is -0.129. The van der Waals surface area contributed by atoms with E-state index in [0.29, 0.717) is 18.4 Å². The number of nitrogens with two attached hydrogens (primary N) is 1. The molecular formula is C12H14FN3O2. The standard InChI is InChI=1S/C12H14FN3O2/c13-8-3-1-2-7(4-8)11(14)5-12(6-11)9(17)15-10(18)16-12/h1-4,10,16,18H,5-6,14H2,(H,15,17). The van der Waals surface area contributed by atoms with Gasteiger partial charge in [-0.3, -0.25) is 10.1 Å². The average Bonchev–Trinajstić information content (AvgIpc) is 2.53. The zero-order valence-corrected chi connectivity index (χ0v) is 9.61. The summed E-state index contributed by atoms with van der Waals surface area (Å²) >= 11 is 0. The van der Waals surface area contributed by atoms with E-state index in [-0.39, 0.29) is 11.7 Å². The summed E-state index contributed by atoms with van der Waals surface area (Å²) in [4.78, 5) is 11.7. The van der Waals surface area contributed by atoms with Crippen molar-refractivity contribution in [2.45, 2.75) is 30.3 Å². The lowest BCUT2D eigenvalue weighted by Crippen LogP contribution is -2.67. The Hall–Kier alpha value is -1.50. The second kappa shape index (κ2) is 3.50. The predicted molar refractivity (Wildman–Crippen MR) is 61.5 cm³/mol. The second-order valence-corrected chi connectivity index (χ2v) is 5.12. The molecule has 1 heterocycles. The van der Waals surface area contributed by atoms with Crippen LogP contribution >= 0.6 is 0 Å². The zero-order valence-electron chi connectivity index (χ0n) is 9.61. The third-order valence-corrected chi connectivity index (χ3v) is 3.75. The maximum atomic E-state index is 13.2. The molecule has 2 aliphatic rings. The van der Waals surface area contributed by atoms with Gasteiger partial charge < -0.3 is 16.2 Å². The molecule has 1 saturated heterocycles. The number of hydrogen-bond acceptors (Lipinski definition) is 4. The highest BCUT2D eigenvalue weighted by atomic mass is 19.1. The number of nitrogens with one attached hydrogen (secondary N) is 2. The number of amides is 1. The van der Waals surface area contributed by atoms with Gasteiger partial charge in [0.05, 0.1) is 0 Å². The van der Waals surface area contributed by atoms with Gasteiger partial charge >= 0.3 is 0 Å². The van der Waals surface area contributed by atoms with E-state index in [1.807, 2.05) is 0 Å². The first-order chi connectivity index (χ1) is 8.43. The molecule has 3 rings (SSSR count). The van der Waals surface area contributed by atoms with E-state index in [9.17, 15) is 14.3 Å². The van der Waals surface area contributed by atoms with Crippen molar-refractivity contribution >= 4 is 5.91 Å². The van der Waals surface area contributed by atoms with Crippen LogP contribution in [0, 0.1) is 5.82 Å². The van der Waals surface area contributed by atoms with Crippen LogP contribution in [0.4, 0.5) is 4.39 Å². The van der Waals surface area contributed by atoms with Crippen molar-refractivity contribution in [3.63, 3.8) is 0 Å². The highest BCUT2D eigenvalue weighted by molar-refractivity contribution is 5.90. The van der Waals surface area contributed by atoms with Crippen LogP contribution in [0.25, 0.3) is 0 Å². The van der Waals surface area contributed by atoms with Crippen LogP contribution < -0.4 is 16.4 Å². The molecule has 6 heteroatoms. The average molecular weight is 251 g/mol. The van der Waals surface area contributed by atoms with E-state index in [0.717, 1.165) is 0 Å². The van der Waals surface area contributed by atoms with Crippen molar-refractivity contribution in [2.24, 2.45) is 5.73 Å². The third kappa shape index (κ3) is 1.53. The highest BCUT2D eigenvalue weighted by Crippen LogP contribution is 2.48. The Morgan fingerprint density at radius 1 is 1.44 bits per heavy atom. The van der Waals surface area contributed by atoms with Crippen LogP contribution in [-0.2, 0) is 10.3 Å². The maximum Gasteiger partial charge on any atom is 0.243 e. The van der Waals surface area contributed by atoms with Crippen molar-refractivity contribution in [1.29, 1.82) is 0 Å². The van der Waals surface area contributed by atoms with E-state index in [2.05, 4.69) is 10.6 Å². The van der Waals surface area contributed by atoms with E-state index >= 15 is 0 Å². The number of rotatable bonds is 1. The molecule has 0 aromatic heterocycles. The van der Waals surface area contributed by atoms with Gasteiger partial charge in [-0.1, -0.05) is 12.1 Å². The number of hydrogen-bond donors (Lipinski definition) is 4. The normalized spacial score (nSPS) is 38.6. The van der Waals surface area contributed by atoms with Crippen LogP contribution in [0.3, 0.4) is 0 Å². The molecule has 1 atom stereocenters. The molecule has 96 valence electrons. The van der Waals surface area contributed by atoms with Gasteiger partial charge in [-0.2, -0.15) is 0 Å². The number of aliphatic hydroxyl groups is 1. The number of halogens is 1. The highest BCUT2D eigenvalue weighted by Gasteiger charge is 2.61. The summed E-state index contributed by atoms with van der Waals surface area (Å²) in [6.07, 6.45) is -0.354. The first kappa shape index (κ1) is 11.6. The minimum absolute atomic E-state index is 0.257. The van der Waals surface area contributed by atoms with Gasteiger partial charge in [-0.15, -0.1) is 0 Å². The van der Waals surface area contributed by atoms with Crippen LogP contribution in [0.15, 0.2) is 24.3 Å². The molecule has 1 unspecified atom stereocenters. The first-order valence-corrected chi connectivity index (χ1v) is 5.75. The molecule has 1 amide bonds. The van der Waals surface area contributed by atoms with Crippen LogP contribution in [0.1, 0.15) is 18.4 Å². The first-order valence-electron chi connectivity index (χ1n) is 5.75. The van der Waals surface area contributed by atoms with Crippen molar-refractivity contribution in [3.8, 4) is 0 Å². The lowest BCUT2D eigenvalue weighted by atomic mass is 9.60. The minimum atomic E-state index is -1.03. The molecule has 1 aromatic rings.